The Balaban J connectivity index is 2.14. The minimum atomic E-state index is -3.47. The van der Waals surface area contributed by atoms with E-state index in [1.54, 1.807) is 0 Å². The van der Waals surface area contributed by atoms with Gasteiger partial charge in [-0.25, -0.2) is 0 Å². The highest BCUT2D eigenvalue weighted by atomic mass is 32.2. The van der Waals surface area contributed by atoms with Gasteiger partial charge < -0.3 is 5.32 Å². The van der Waals surface area contributed by atoms with Crippen LogP contribution in [0.15, 0.2) is 18.2 Å². The lowest BCUT2D eigenvalue weighted by atomic mass is 9.98. The summed E-state index contributed by atoms with van der Waals surface area (Å²) in [6, 6.07) is 5.96. The molecule has 1 unspecified atom stereocenters. The zero-order chi connectivity index (χ0) is 17.9. The number of amides is 1. The first-order valence-electron chi connectivity index (χ1n) is 8.34. The molecule has 0 radical (unpaired) electrons. The van der Waals surface area contributed by atoms with Crippen LogP contribution in [-0.2, 0) is 21.4 Å². The van der Waals surface area contributed by atoms with Crippen molar-refractivity contribution >= 4 is 21.8 Å². The van der Waals surface area contributed by atoms with E-state index in [0.717, 1.165) is 23.2 Å². The number of nitrogens with one attached hydrogen (secondary N) is 1. The lowest BCUT2D eigenvalue weighted by Crippen LogP contribution is -2.47. The molecule has 0 saturated carbocycles. The molecule has 1 amide bonds. The second-order valence-corrected chi connectivity index (χ2v) is 8.58. The minimum Gasteiger partial charge on any atom is -0.325 e. The summed E-state index contributed by atoms with van der Waals surface area (Å²) in [5, 5.41) is 3.03. The largest absolute Gasteiger partial charge is 0.325 e. The molecule has 1 aliphatic rings. The fraction of sp³-hybridized carbons (Fsp3) is 0.588. The Morgan fingerprint density at radius 2 is 2.08 bits per heavy atom. The van der Waals surface area contributed by atoms with Gasteiger partial charge in [-0.2, -0.15) is 17.0 Å². The summed E-state index contributed by atoms with van der Waals surface area (Å²) in [6.45, 7) is 4.73. The number of benzene rings is 1. The van der Waals surface area contributed by atoms with Crippen LogP contribution >= 0.6 is 0 Å². The van der Waals surface area contributed by atoms with E-state index in [1.807, 2.05) is 25.1 Å². The van der Waals surface area contributed by atoms with Crippen LogP contribution in [0.1, 0.15) is 30.9 Å². The third-order valence-corrected chi connectivity index (χ3v) is 6.44. The van der Waals surface area contributed by atoms with Crippen molar-refractivity contribution in [3.05, 3.63) is 29.3 Å². The van der Waals surface area contributed by atoms with Gasteiger partial charge in [0.15, 0.2) is 0 Å². The van der Waals surface area contributed by atoms with Gasteiger partial charge in [0.05, 0.1) is 5.92 Å². The quantitative estimate of drug-likeness (QED) is 0.880. The van der Waals surface area contributed by atoms with E-state index in [0.29, 0.717) is 19.4 Å². The van der Waals surface area contributed by atoms with Crippen LogP contribution in [0.5, 0.6) is 0 Å². The van der Waals surface area contributed by atoms with Gasteiger partial charge in [0, 0.05) is 32.9 Å². The van der Waals surface area contributed by atoms with Crippen LogP contribution in [0.4, 0.5) is 5.69 Å². The van der Waals surface area contributed by atoms with Crippen molar-refractivity contribution in [1.29, 1.82) is 0 Å². The number of anilines is 1. The van der Waals surface area contributed by atoms with E-state index in [2.05, 4.69) is 12.2 Å². The van der Waals surface area contributed by atoms with Gasteiger partial charge in [-0.05, 0) is 37.3 Å². The first kappa shape index (κ1) is 18.9. The molecule has 7 heteroatoms. The van der Waals surface area contributed by atoms with Gasteiger partial charge in [-0.3, -0.25) is 4.79 Å². The summed E-state index contributed by atoms with van der Waals surface area (Å²) in [5.41, 5.74) is 2.98. The number of hydrogen-bond acceptors (Lipinski definition) is 3. The predicted molar refractivity (Wildman–Crippen MR) is 96.1 cm³/mol. The van der Waals surface area contributed by atoms with Crippen molar-refractivity contribution in [1.82, 2.24) is 8.61 Å². The van der Waals surface area contributed by atoms with Gasteiger partial charge >= 0.3 is 0 Å². The molecule has 1 aromatic carbocycles. The number of aryl methyl sites for hydroxylation is 2. The lowest BCUT2D eigenvalue weighted by molar-refractivity contribution is -0.120. The van der Waals surface area contributed by atoms with Crippen molar-refractivity contribution < 1.29 is 13.2 Å². The minimum absolute atomic E-state index is 0.0994. The van der Waals surface area contributed by atoms with Gasteiger partial charge in [-0.1, -0.05) is 25.1 Å². The molecular weight excluding hydrogens is 326 g/mol. The summed E-state index contributed by atoms with van der Waals surface area (Å²) in [4.78, 5) is 12.7. The van der Waals surface area contributed by atoms with Crippen molar-refractivity contribution in [2.24, 2.45) is 5.92 Å². The van der Waals surface area contributed by atoms with Gasteiger partial charge in [0.2, 0.25) is 5.91 Å². The summed E-state index contributed by atoms with van der Waals surface area (Å²) in [7, 11) is -0.446. The van der Waals surface area contributed by atoms with Gasteiger partial charge in [0.25, 0.3) is 10.2 Å². The van der Waals surface area contributed by atoms with E-state index in [-0.39, 0.29) is 18.4 Å². The molecule has 6 nitrogen and oxygen atoms in total. The topological polar surface area (TPSA) is 69.7 Å². The Hall–Kier alpha value is -1.44. The number of nitrogens with zero attached hydrogens (tertiary/aromatic N) is 2. The zero-order valence-corrected chi connectivity index (χ0v) is 15.7. The fourth-order valence-corrected chi connectivity index (χ4v) is 4.21. The maximum absolute atomic E-state index is 12.7. The molecule has 1 aromatic rings. The number of hydrogen-bond donors (Lipinski definition) is 1. The fourth-order valence-electron chi connectivity index (χ4n) is 3.02. The second kappa shape index (κ2) is 7.63. The molecule has 24 heavy (non-hydrogen) atoms. The Morgan fingerprint density at radius 1 is 1.38 bits per heavy atom. The van der Waals surface area contributed by atoms with Crippen molar-refractivity contribution in [2.75, 3.05) is 32.5 Å². The van der Waals surface area contributed by atoms with E-state index in [4.69, 9.17) is 0 Å². The molecule has 134 valence electrons. The lowest BCUT2D eigenvalue weighted by Gasteiger charge is -2.33. The molecule has 1 aliphatic heterocycles. The molecule has 0 aromatic heterocycles. The second-order valence-electron chi connectivity index (χ2n) is 6.44. The molecule has 1 fully saturated rings. The van der Waals surface area contributed by atoms with Crippen LogP contribution in [0.2, 0.25) is 0 Å². The molecule has 1 saturated heterocycles. The molecular formula is C17H27N3O3S. The third kappa shape index (κ3) is 3.96. The van der Waals surface area contributed by atoms with Crippen LogP contribution in [0.3, 0.4) is 0 Å². The average molecular weight is 353 g/mol. The summed E-state index contributed by atoms with van der Waals surface area (Å²) < 4.78 is 27.2. The van der Waals surface area contributed by atoms with E-state index in [9.17, 15) is 13.2 Å². The van der Waals surface area contributed by atoms with Gasteiger partial charge in [-0.15, -0.1) is 0 Å². The van der Waals surface area contributed by atoms with Crippen LogP contribution in [0, 0.1) is 12.8 Å². The number of para-hydroxylation sites is 1. The number of rotatable bonds is 5. The highest BCUT2D eigenvalue weighted by Gasteiger charge is 2.33. The predicted octanol–water partition coefficient (Wildman–Crippen LogP) is 2.01. The molecule has 0 bridgehead atoms. The van der Waals surface area contributed by atoms with Crippen LogP contribution in [-0.4, -0.2) is 50.1 Å². The van der Waals surface area contributed by atoms with E-state index in [1.165, 1.54) is 22.7 Å². The number of carbonyl (C=O) groups excluding carboxylic acids is 1. The zero-order valence-electron chi connectivity index (χ0n) is 14.9. The molecule has 0 aliphatic carbocycles. The maximum Gasteiger partial charge on any atom is 0.281 e. The monoisotopic (exact) mass is 353 g/mol. The van der Waals surface area contributed by atoms with Gasteiger partial charge in [0.1, 0.15) is 0 Å². The Morgan fingerprint density at radius 3 is 2.71 bits per heavy atom. The van der Waals surface area contributed by atoms with Crippen molar-refractivity contribution in [3.63, 3.8) is 0 Å². The summed E-state index contributed by atoms with van der Waals surface area (Å²) >= 11 is 0. The Labute approximate surface area is 145 Å². The number of piperidine rings is 1. The van der Waals surface area contributed by atoms with Crippen LogP contribution < -0.4 is 5.32 Å². The molecule has 1 heterocycles. The first-order valence-corrected chi connectivity index (χ1v) is 9.74. The maximum atomic E-state index is 12.7. The van der Waals surface area contributed by atoms with Crippen LogP contribution in [0.25, 0.3) is 0 Å². The highest BCUT2D eigenvalue weighted by molar-refractivity contribution is 7.86. The van der Waals surface area contributed by atoms with Crippen molar-refractivity contribution in [3.8, 4) is 0 Å². The average Bonchev–Trinajstić information content (AvgIpc) is 2.56. The normalized spacial score (nSPS) is 19.5. The standard InChI is InChI=1S/C17H27N3O3S/c1-5-14-9-6-8-13(2)16(14)18-17(21)15-10-7-11-20(12-15)24(22,23)19(3)4/h6,8-9,15H,5,7,10-12H2,1-4H3,(H,18,21). The smallest absolute Gasteiger partial charge is 0.281 e. The molecule has 2 rings (SSSR count). The molecule has 0 spiro atoms. The third-order valence-electron chi connectivity index (χ3n) is 4.53. The molecule has 1 N–H and O–H groups in total. The molecule has 1 atom stereocenters. The summed E-state index contributed by atoms with van der Waals surface area (Å²) in [5.74, 6) is -0.421. The van der Waals surface area contributed by atoms with Crippen molar-refractivity contribution in [2.45, 2.75) is 33.1 Å². The first-order chi connectivity index (χ1) is 11.3. The SMILES string of the molecule is CCc1cccc(C)c1NC(=O)C1CCCN(S(=O)(=O)N(C)C)C1. The number of carbonyl (C=O) groups is 1. The summed E-state index contributed by atoms with van der Waals surface area (Å²) in [6.07, 6.45) is 2.24. The Bertz CT molecular complexity index is 701. The van der Waals surface area contributed by atoms with E-state index >= 15 is 0 Å². The van der Waals surface area contributed by atoms with E-state index < -0.39 is 10.2 Å². The highest BCUT2D eigenvalue weighted by Crippen LogP contribution is 2.25. The Kier molecular flexibility index (Phi) is 6.01.